The molecule has 1 atom stereocenters. The highest BCUT2D eigenvalue weighted by Crippen LogP contribution is 2.36. The molecule has 1 aromatic carbocycles. The number of phenolic OH excluding ortho intramolecular Hbond substituents is 2. The Morgan fingerprint density at radius 3 is 2.71 bits per heavy atom. The molecule has 0 spiro atoms. The molecule has 5 nitrogen and oxygen atoms in total. The van der Waals surface area contributed by atoms with Crippen LogP contribution in [0.3, 0.4) is 0 Å². The van der Waals surface area contributed by atoms with Crippen molar-refractivity contribution in [3.63, 3.8) is 0 Å². The molecule has 1 saturated heterocycles. The third-order valence-electron chi connectivity index (χ3n) is 4.28. The molecule has 1 unspecified atom stereocenters. The van der Waals surface area contributed by atoms with E-state index in [-0.39, 0.29) is 11.5 Å². The predicted octanol–water partition coefficient (Wildman–Crippen LogP) is 2.56. The first-order valence-corrected chi connectivity index (χ1v) is 7.43. The second-order valence-electron chi connectivity index (χ2n) is 5.97. The van der Waals surface area contributed by atoms with E-state index in [9.17, 15) is 20.1 Å². The summed E-state index contributed by atoms with van der Waals surface area (Å²) in [6, 6.07) is 4.75. The average Bonchev–Trinajstić information content (AvgIpc) is 2.43. The maximum Gasteiger partial charge on any atom is 0.310 e. The van der Waals surface area contributed by atoms with Gasteiger partial charge in [0.1, 0.15) is 0 Å². The molecule has 1 fully saturated rings. The number of nitrogens with zero attached hydrogens (tertiary/aromatic N) is 1. The first kappa shape index (κ1) is 15.6. The Hall–Kier alpha value is -1.75. The molecule has 0 aliphatic carbocycles. The first-order valence-electron chi connectivity index (χ1n) is 7.43. The van der Waals surface area contributed by atoms with Crippen LogP contribution in [0.5, 0.6) is 11.5 Å². The van der Waals surface area contributed by atoms with Crippen LogP contribution < -0.4 is 0 Å². The number of carboxylic acids is 1. The minimum atomic E-state index is -0.706. The second-order valence-corrected chi connectivity index (χ2v) is 5.97. The molecular weight excluding hydrogens is 270 g/mol. The summed E-state index contributed by atoms with van der Waals surface area (Å²) in [5.74, 6) is -0.978. The minimum absolute atomic E-state index is 0.136. The lowest BCUT2D eigenvalue weighted by Gasteiger charge is -2.40. The topological polar surface area (TPSA) is 81.0 Å². The monoisotopic (exact) mass is 293 g/mol. The van der Waals surface area contributed by atoms with Crippen molar-refractivity contribution < 1.29 is 20.1 Å². The van der Waals surface area contributed by atoms with Crippen molar-refractivity contribution in [1.29, 1.82) is 0 Å². The molecule has 1 aliphatic rings. The number of carboxylic acid groups (broad SMARTS) is 1. The largest absolute Gasteiger partial charge is 0.504 e. The molecule has 116 valence electrons. The van der Waals surface area contributed by atoms with E-state index in [1.807, 2.05) is 6.92 Å². The zero-order valence-corrected chi connectivity index (χ0v) is 12.4. The molecule has 21 heavy (non-hydrogen) atoms. The average molecular weight is 293 g/mol. The van der Waals surface area contributed by atoms with Crippen molar-refractivity contribution in [3.8, 4) is 11.5 Å². The summed E-state index contributed by atoms with van der Waals surface area (Å²) in [4.78, 5) is 13.8. The first-order chi connectivity index (χ1) is 9.97. The van der Waals surface area contributed by atoms with E-state index in [1.165, 1.54) is 12.1 Å². The Labute approximate surface area is 124 Å². The number of piperidine rings is 1. The Kier molecular flexibility index (Phi) is 4.73. The van der Waals surface area contributed by atoms with Crippen LogP contribution in [-0.2, 0) is 11.3 Å². The summed E-state index contributed by atoms with van der Waals surface area (Å²) in [5.41, 5.74) is 0.231. The smallest absolute Gasteiger partial charge is 0.310 e. The van der Waals surface area contributed by atoms with Gasteiger partial charge in [-0.3, -0.25) is 9.69 Å². The third kappa shape index (κ3) is 3.47. The fourth-order valence-electron chi connectivity index (χ4n) is 3.25. The van der Waals surface area contributed by atoms with Crippen molar-refractivity contribution in [2.24, 2.45) is 5.41 Å². The van der Waals surface area contributed by atoms with Crippen LogP contribution in [0.25, 0.3) is 0 Å². The summed E-state index contributed by atoms with van der Waals surface area (Å²) in [5, 5.41) is 28.5. The maximum absolute atomic E-state index is 11.7. The lowest BCUT2D eigenvalue weighted by Crippen LogP contribution is -2.47. The van der Waals surface area contributed by atoms with Gasteiger partial charge in [-0.1, -0.05) is 19.4 Å². The van der Waals surface area contributed by atoms with Gasteiger partial charge >= 0.3 is 5.97 Å². The molecule has 5 heteroatoms. The quantitative estimate of drug-likeness (QED) is 0.727. The van der Waals surface area contributed by atoms with Crippen molar-refractivity contribution in [1.82, 2.24) is 4.90 Å². The molecule has 3 N–H and O–H groups in total. The van der Waals surface area contributed by atoms with Gasteiger partial charge in [-0.15, -0.1) is 0 Å². The Bertz CT molecular complexity index is 513. The zero-order chi connectivity index (χ0) is 15.5. The summed E-state index contributed by atoms with van der Waals surface area (Å²) < 4.78 is 0. The van der Waals surface area contributed by atoms with E-state index < -0.39 is 11.4 Å². The summed E-state index contributed by atoms with van der Waals surface area (Å²) in [6.07, 6.45) is 3.16. The number of phenols is 2. The number of likely N-dealkylation sites (tertiary alicyclic amines) is 1. The number of aromatic hydroxyl groups is 2. The third-order valence-corrected chi connectivity index (χ3v) is 4.28. The molecule has 0 aromatic heterocycles. The van der Waals surface area contributed by atoms with Crippen molar-refractivity contribution in [3.05, 3.63) is 23.8 Å². The molecule has 1 aliphatic heterocycles. The van der Waals surface area contributed by atoms with Crippen molar-refractivity contribution in [2.45, 2.75) is 39.2 Å². The van der Waals surface area contributed by atoms with Crippen molar-refractivity contribution >= 4 is 5.97 Å². The fraction of sp³-hybridized carbons (Fsp3) is 0.562. The molecule has 1 aromatic rings. The second kappa shape index (κ2) is 6.35. The maximum atomic E-state index is 11.7. The van der Waals surface area contributed by atoms with Crippen LogP contribution in [0.15, 0.2) is 18.2 Å². The van der Waals surface area contributed by atoms with Gasteiger partial charge in [-0.05, 0) is 43.5 Å². The molecular formula is C16H23NO4. The van der Waals surface area contributed by atoms with Crippen LogP contribution in [0.2, 0.25) is 0 Å². The Balaban J connectivity index is 2.09. The van der Waals surface area contributed by atoms with E-state index in [1.54, 1.807) is 6.07 Å². The highest BCUT2D eigenvalue weighted by molar-refractivity contribution is 5.75. The van der Waals surface area contributed by atoms with Crippen LogP contribution >= 0.6 is 0 Å². The molecule has 1 heterocycles. The van der Waals surface area contributed by atoms with Gasteiger partial charge < -0.3 is 15.3 Å². The molecule has 0 amide bonds. The van der Waals surface area contributed by atoms with Gasteiger partial charge in [0.25, 0.3) is 0 Å². The highest BCUT2D eigenvalue weighted by Gasteiger charge is 2.41. The lowest BCUT2D eigenvalue weighted by molar-refractivity contribution is -0.153. The van der Waals surface area contributed by atoms with Crippen molar-refractivity contribution in [2.75, 3.05) is 13.1 Å². The van der Waals surface area contributed by atoms with Crippen LogP contribution in [0.4, 0.5) is 0 Å². The van der Waals surface area contributed by atoms with E-state index in [2.05, 4.69) is 4.90 Å². The molecule has 2 rings (SSSR count). The Morgan fingerprint density at radius 1 is 1.33 bits per heavy atom. The highest BCUT2D eigenvalue weighted by atomic mass is 16.4. The number of aliphatic carboxylic acids is 1. The van der Waals surface area contributed by atoms with Gasteiger partial charge in [0, 0.05) is 13.1 Å². The predicted molar refractivity (Wildman–Crippen MR) is 79.3 cm³/mol. The van der Waals surface area contributed by atoms with Crippen LogP contribution in [-0.4, -0.2) is 39.3 Å². The zero-order valence-electron chi connectivity index (χ0n) is 12.4. The minimum Gasteiger partial charge on any atom is -0.504 e. The fourth-order valence-corrected chi connectivity index (χ4v) is 3.25. The number of benzene rings is 1. The standard InChI is InChI=1S/C16H23NO4/c1-2-6-16(15(20)21)7-3-8-17(11-16)10-12-4-5-13(18)14(19)9-12/h4-5,9,18-19H,2-3,6-8,10-11H2,1H3,(H,20,21). The van der Waals surface area contributed by atoms with Gasteiger partial charge in [-0.2, -0.15) is 0 Å². The molecule has 0 radical (unpaired) electrons. The SMILES string of the molecule is CCCC1(C(=O)O)CCCN(Cc2ccc(O)c(O)c2)C1. The van der Waals surface area contributed by atoms with Crippen LogP contribution in [0, 0.1) is 5.41 Å². The molecule has 0 saturated carbocycles. The number of hydrogen-bond donors (Lipinski definition) is 3. The van der Waals surface area contributed by atoms with Crippen LogP contribution in [0.1, 0.15) is 38.2 Å². The number of hydrogen-bond acceptors (Lipinski definition) is 4. The number of carbonyl (C=O) groups is 1. The van der Waals surface area contributed by atoms with Gasteiger partial charge in [0.05, 0.1) is 5.41 Å². The molecule has 0 bridgehead atoms. The Morgan fingerprint density at radius 2 is 2.10 bits per heavy atom. The summed E-state index contributed by atoms with van der Waals surface area (Å²) >= 11 is 0. The van der Waals surface area contributed by atoms with Gasteiger partial charge in [0.15, 0.2) is 11.5 Å². The normalized spacial score (nSPS) is 23.1. The lowest BCUT2D eigenvalue weighted by atomic mass is 9.76. The van der Waals surface area contributed by atoms with Gasteiger partial charge in [0.2, 0.25) is 0 Å². The van der Waals surface area contributed by atoms with Gasteiger partial charge in [-0.25, -0.2) is 0 Å². The van der Waals surface area contributed by atoms with E-state index in [0.29, 0.717) is 19.5 Å². The van der Waals surface area contributed by atoms with E-state index in [4.69, 9.17) is 0 Å². The number of rotatable bonds is 5. The summed E-state index contributed by atoms with van der Waals surface area (Å²) in [7, 11) is 0. The van der Waals surface area contributed by atoms with E-state index >= 15 is 0 Å². The summed E-state index contributed by atoms with van der Waals surface area (Å²) in [6.45, 7) is 4.01. The van der Waals surface area contributed by atoms with E-state index in [0.717, 1.165) is 31.4 Å².